The fraction of sp³-hybridized carbons (Fsp3) is 0.300. The lowest BCUT2D eigenvalue weighted by molar-refractivity contribution is 0.242. The first-order valence-electron chi connectivity index (χ1n) is 4.34. The van der Waals surface area contributed by atoms with Crippen LogP contribution in [0.4, 0.5) is 4.79 Å². The smallest absolute Gasteiger partial charge is 0.314 e. The van der Waals surface area contributed by atoms with Crippen molar-refractivity contribution in [3.05, 3.63) is 34.3 Å². The number of urea groups is 1. The van der Waals surface area contributed by atoms with Crippen LogP contribution in [0.1, 0.15) is 11.1 Å². The molecule has 0 saturated heterocycles. The maximum absolute atomic E-state index is 10.9. The summed E-state index contributed by atoms with van der Waals surface area (Å²) in [6, 6.07) is 5.54. The third-order valence-electron chi connectivity index (χ3n) is 1.92. The monoisotopic (exact) mass is 212 g/mol. The van der Waals surface area contributed by atoms with E-state index in [9.17, 15) is 4.79 Å². The number of carbonyl (C=O) groups is 1. The van der Waals surface area contributed by atoms with Crippen LogP contribution in [0.5, 0.6) is 0 Å². The van der Waals surface area contributed by atoms with Gasteiger partial charge in [0.2, 0.25) is 0 Å². The molecule has 0 fully saturated rings. The Hall–Kier alpha value is -1.22. The fourth-order valence-electron chi connectivity index (χ4n) is 1.02. The molecule has 3 nitrogen and oxygen atoms in total. The maximum Gasteiger partial charge on any atom is 0.314 e. The Labute approximate surface area is 88.5 Å². The largest absolute Gasteiger partial charge is 0.341 e. The van der Waals surface area contributed by atoms with Gasteiger partial charge in [-0.25, -0.2) is 4.79 Å². The normalized spacial score (nSPS) is 9.64. The minimum absolute atomic E-state index is 0.193. The lowest BCUT2D eigenvalue weighted by atomic mass is 10.1. The maximum atomic E-state index is 10.9. The molecule has 1 aromatic carbocycles. The molecular weight excluding hydrogens is 200 g/mol. The Morgan fingerprint density at radius 2 is 2.21 bits per heavy atom. The molecule has 4 heteroatoms. The summed E-state index contributed by atoms with van der Waals surface area (Å²) >= 11 is 5.93. The molecule has 0 atom stereocenters. The summed E-state index contributed by atoms with van der Waals surface area (Å²) in [4.78, 5) is 10.9. The van der Waals surface area contributed by atoms with E-state index < -0.39 is 0 Å². The molecule has 0 aliphatic rings. The lowest BCUT2D eigenvalue weighted by Gasteiger charge is -2.05. The number of hydrogen-bond acceptors (Lipinski definition) is 1. The average molecular weight is 213 g/mol. The van der Waals surface area contributed by atoms with E-state index in [2.05, 4.69) is 10.6 Å². The van der Waals surface area contributed by atoms with E-state index in [-0.39, 0.29) is 6.03 Å². The molecule has 0 saturated carbocycles. The summed E-state index contributed by atoms with van der Waals surface area (Å²) in [6.07, 6.45) is 0. The van der Waals surface area contributed by atoms with Gasteiger partial charge >= 0.3 is 6.03 Å². The summed E-state index contributed by atoms with van der Waals surface area (Å²) in [5.41, 5.74) is 2.03. The Kier molecular flexibility index (Phi) is 3.77. The minimum atomic E-state index is -0.193. The highest BCUT2D eigenvalue weighted by molar-refractivity contribution is 6.31. The van der Waals surface area contributed by atoms with E-state index in [4.69, 9.17) is 11.6 Å². The number of halogens is 1. The Bertz CT molecular complexity index is 339. The second kappa shape index (κ2) is 4.86. The van der Waals surface area contributed by atoms with Crippen LogP contribution in [0.15, 0.2) is 18.2 Å². The standard InChI is InChI=1S/C10H13ClN2O/c1-7-3-4-8(5-9(7)11)6-13-10(14)12-2/h3-5H,6H2,1-2H3,(H2,12,13,14). The molecule has 0 radical (unpaired) electrons. The first-order chi connectivity index (χ1) is 6.63. The van der Waals surface area contributed by atoms with Gasteiger partial charge in [-0.2, -0.15) is 0 Å². The zero-order chi connectivity index (χ0) is 10.6. The topological polar surface area (TPSA) is 41.1 Å². The molecule has 0 aliphatic carbocycles. The van der Waals surface area contributed by atoms with E-state index in [0.29, 0.717) is 6.54 Å². The van der Waals surface area contributed by atoms with Crippen LogP contribution < -0.4 is 10.6 Å². The van der Waals surface area contributed by atoms with Crippen molar-refractivity contribution in [2.24, 2.45) is 0 Å². The summed E-state index contributed by atoms with van der Waals surface area (Å²) in [5.74, 6) is 0. The van der Waals surface area contributed by atoms with Crippen LogP contribution in [-0.2, 0) is 6.54 Å². The van der Waals surface area contributed by atoms with Crippen molar-refractivity contribution in [2.75, 3.05) is 7.05 Å². The van der Waals surface area contributed by atoms with Crippen molar-refractivity contribution in [1.82, 2.24) is 10.6 Å². The van der Waals surface area contributed by atoms with Crippen molar-refractivity contribution < 1.29 is 4.79 Å². The van der Waals surface area contributed by atoms with Crippen LogP contribution >= 0.6 is 11.6 Å². The van der Waals surface area contributed by atoms with Gasteiger partial charge in [-0.3, -0.25) is 0 Å². The molecule has 0 unspecified atom stereocenters. The third-order valence-corrected chi connectivity index (χ3v) is 2.32. The predicted octanol–water partition coefficient (Wildman–Crippen LogP) is 2.08. The van der Waals surface area contributed by atoms with Gasteiger partial charge in [0.25, 0.3) is 0 Å². The Morgan fingerprint density at radius 3 is 2.79 bits per heavy atom. The van der Waals surface area contributed by atoms with E-state index in [1.54, 1.807) is 7.05 Å². The molecule has 2 amide bonds. The van der Waals surface area contributed by atoms with Crippen molar-refractivity contribution in [1.29, 1.82) is 0 Å². The minimum Gasteiger partial charge on any atom is -0.341 e. The quantitative estimate of drug-likeness (QED) is 0.775. The zero-order valence-corrected chi connectivity index (χ0v) is 8.98. The van der Waals surface area contributed by atoms with Gasteiger partial charge in [-0.05, 0) is 24.1 Å². The number of carbonyl (C=O) groups excluding carboxylic acids is 1. The molecule has 0 spiro atoms. The number of nitrogens with one attached hydrogen (secondary N) is 2. The van der Waals surface area contributed by atoms with Crippen molar-refractivity contribution in [3.63, 3.8) is 0 Å². The summed E-state index contributed by atoms with van der Waals surface area (Å²) in [5, 5.41) is 5.89. The number of rotatable bonds is 2. The summed E-state index contributed by atoms with van der Waals surface area (Å²) in [7, 11) is 1.58. The van der Waals surface area contributed by atoms with Crippen molar-refractivity contribution in [2.45, 2.75) is 13.5 Å². The number of benzene rings is 1. The molecule has 0 aromatic heterocycles. The molecule has 1 aromatic rings. The number of hydrogen-bond donors (Lipinski definition) is 2. The second-order valence-electron chi connectivity index (χ2n) is 3.02. The third kappa shape index (κ3) is 2.92. The highest BCUT2D eigenvalue weighted by Gasteiger charge is 1.99. The van der Waals surface area contributed by atoms with Gasteiger partial charge in [0.15, 0.2) is 0 Å². The summed E-state index contributed by atoms with van der Waals surface area (Å²) < 4.78 is 0. The Morgan fingerprint density at radius 1 is 1.50 bits per heavy atom. The highest BCUT2D eigenvalue weighted by Crippen LogP contribution is 2.16. The first kappa shape index (κ1) is 10.9. The van der Waals surface area contributed by atoms with Crippen LogP contribution in [-0.4, -0.2) is 13.1 Å². The lowest BCUT2D eigenvalue weighted by Crippen LogP contribution is -2.32. The van der Waals surface area contributed by atoms with Crippen LogP contribution in [0.25, 0.3) is 0 Å². The van der Waals surface area contributed by atoms with Gasteiger partial charge < -0.3 is 10.6 Å². The number of amides is 2. The van der Waals surface area contributed by atoms with E-state index in [1.165, 1.54) is 0 Å². The molecular formula is C10H13ClN2O. The van der Waals surface area contributed by atoms with Gasteiger partial charge in [0.05, 0.1) is 0 Å². The molecule has 76 valence electrons. The van der Waals surface area contributed by atoms with Crippen molar-refractivity contribution >= 4 is 17.6 Å². The second-order valence-corrected chi connectivity index (χ2v) is 3.42. The van der Waals surface area contributed by atoms with E-state index in [0.717, 1.165) is 16.1 Å². The summed E-state index contributed by atoms with van der Waals surface area (Å²) in [6.45, 7) is 2.43. The molecule has 0 aliphatic heterocycles. The first-order valence-corrected chi connectivity index (χ1v) is 4.72. The highest BCUT2D eigenvalue weighted by atomic mass is 35.5. The predicted molar refractivity (Wildman–Crippen MR) is 57.5 cm³/mol. The van der Waals surface area contributed by atoms with Gasteiger partial charge in [-0.15, -0.1) is 0 Å². The molecule has 2 N–H and O–H groups in total. The SMILES string of the molecule is CNC(=O)NCc1ccc(C)c(Cl)c1. The molecule has 1 rings (SSSR count). The zero-order valence-electron chi connectivity index (χ0n) is 8.23. The van der Waals surface area contributed by atoms with Crippen molar-refractivity contribution in [3.8, 4) is 0 Å². The Balaban J connectivity index is 2.60. The van der Waals surface area contributed by atoms with Gasteiger partial charge in [0.1, 0.15) is 0 Å². The average Bonchev–Trinajstić information content (AvgIpc) is 2.19. The van der Waals surface area contributed by atoms with Gasteiger partial charge in [-0.1, -0.05) is 23.7 Å². The molecule has 0 bridgehead atoms. The number of aryl methyl sites for hydroxylation is 1. The fourth-order valence-corrected chi connectivity index (χ4v) is 1.22. The van der Waals surface area contributed by atoms with Crippen LogP contribution in [0.2, 0.25) is 5.02 Å². The van der Waals surface area contributed by atoms with Crippen LogP contribution in [0, 0.1) is 6.92 Å². The van der Waals surface area contributed by atoms with Crippen LogP contribution in [0.3, 0.4) is 0 Å². The van der Waals surface area contributed by atoms with E-state index >= 15 is 0 Å². The van der Waals surface area contributed by atoms with E-state index in [1.807, 2.05) is 25.1 Å². The van der Waals surface area contributed by atoms with Gasteiger partial charge in [0, 0.05) is 18.6 Å². The molecule has 14 heavy (non-hydrogen) atoms. The molecule has 0 heterocycles.